The average Bonchev–Trinajstić information content (AvgIpc) is 2.65. The number of hydrogen-bond donors (Lipinski definition) is 2. The lowest BCUT2D eigenvalue weighted by Crippen LogP contribution is -2.03. The van der Waals surface area contributed by atoms with Gasteiger partial charge < -0.3 is 15.8 Å². The van der Waals surface area contributed by atoms with Crippen LogP contribution in [0.15, 0.2) is 71.6 Å². The Morgan fingerprint density at radius 3 is 2.69 bits per heavy atom. The topological polar surface area (TPSA) is 86.0 Å². The van der Waals surface area contributed by atoms with Gasteiger partial charge in [0, 0.05) is 21.7 Å². The van der Waals surface area contributed by atoms with E-state index >= 15 is 0 Å². The number of nitrogens with two attached hydrogens (primary N) is 1. The molecule has 0 spiro atoms. The van der Waals surface area contributed by atoms with Crippen LogP contribution in [-0.2, 0) is 0 Å². The van der Waals surface area contributed by atoms with Crippen LogP contribution in [-0.4, -0.2) is 15.0 Å². The number of halogens is 1. The summed E-state index contributed by atoms with van der Waals surface area (Å²) >= 11 is 3.44. The van der Waals surface area contributed by atoms with E-state index in [0.29, 0.717) is 17.3 Å². The molecule has 0 fully saturated rings. The molecule has 2 aromatic heterocycles. The van der Waals surface area contributed by atoms with Gasteiger partial charge in [-0.1, -0.05) is 40.2 Å². The molecule has 3 N–H and O–H groups in total. The maximum absolute atomic E-state index is 6.22. The molecule has 2 aromatic carbocycles. The van der Waals surface area contributed by atoms with Gasteiger partial charge in [-0.05, 0) is 30.3 Å². The number of hydrogen-bond acceptors (Lipinski definition) is 6. The lowest BCUT2D eigenvalue weighted by molar-refractivity contribution is 0.469. The fraction of sp³-hybridized carbons (Fsp3) is 0. The quantitative estimate of drug-likeness (QED) is 0.499. The molecule has 0 aliphatic heterocycles. The summed E-state index contributed by atoms with van der Waals surface area (Å²) in [5.41, 5.74) is 8.13. The van der Waals surface area contributed by atoms with Crippen LogP contribution < -0.4 is 15.8 Å². The molecule has 0 unspecified atom stereocenters. The molecule has 4 aromatic rings. The highest BCUT2D eigenvalue weighted by Gasteiger charge is 2.12. The Morgan fingerprint density at radius 2 is 1.81 bits per heavy atom. The normalized spacial score (nSPS) is 10.7. The molecule has 4 rings (SSSR count). The van der Waals surface area contributed by atoms with Gasteiger partial charge in [0.2, 0.25) is 5.88 Å². The highest BCUT2D eigenvalue weighted by atomic mass is 79.9. The van der Waals surface area contributed by atoms with E-state index in [2.05, 4.69) is 36.2 Å². The summed E-state index contributed by atoms with van der Waals surface area (Å²) in [4.78, 5) is 12.8. The maximum Gasteiger partial charge on any atom is 0.248 e. The standard InChI is InChI=1S/C19H14BrN5O/c20-13-6-2-7-14(10-13)25-18-16(21)19(24-11-23-18)26-15-8-1-4-12-5-3-9-22-17(12)15/h1-11H,21H2,(H,23,24,25). The summed E-state index contributed by atoms with van der Waals surface area (Å²) in [6, 6.07) is 17.3. The van der Waals surface area contributed by atoms with Crippen molar-refractivity contribution in [1.29, 1.82) is 0 Å². The Labute approximate surface area is 158 Å². The van der Waals surface area contributed by atoms with E-state index in [4.69, 9.17) is 10.5 Å². The van der Waals surface area contributed by atoms with Gasteiger partial charge in [0.1, 0.15) is 17.5 Å². The summed E-state index contributed by atoms with van der Waals surface area (Å²) in [6.07, 6.45) is 3.13. The lowest BCUT2D eigenvalue weighted by Gasteiger charge is -2.12. The molecule has 0 radical (unpaired) electrons. The number of para-hydroxylation sites is 1. The maximum atomic E-state index is 6.22. The molecule has 0 bridgehead atoms. The first-order chi connectivity index (χ1) is 12.7. The number of anilines is 3. The second-order valence-electron chi connectivity index (χ2n) is 5.51. The number of nitrogens with zero attached hydrogens (tertiary/aromatic N) is 3. The van der Waals surface area contributed by atoms with Gasteiger partial charge >= 0.3 is 0 Å². The van der Waals surface area contributed by atoms with Gasteiger partial charge in [0.15, 0.2) is 11.6 Å². The van der Waals surface area contributed by atoms with E-state index in [9.17, 15) is 0 Å². The second kappa shape index (κ2) is 6.97. The zero-order chi connectivity index (χ0) is 17.9. The van der Waals surface area contributed by atoms with Crippen LogP contribution in [0.4, 0.5) is 17.2 Å². The molecule has 7 heteroatoms. The third-order valence-corrected chi connectivity index (χ3v) is 4.23. The van der Waals surface area contributed by atoms with Crippen molar-refractivity contribution in [2.45, 2.75) is 0 Å². The number of rotatable bonds is 4. The van der Waals surface area contributed by atoms with Crippen molar-refractivity contribution in [3.05, 3.63) is 71.6 Å². The van der Waals surface area contributed by atoms with Crippen molar-refractivity contribution in [3.8, 4) is 11.6 Å². The summed E-state index contributed by atoms with van der Waals surface area (Å²) in [7, 11) is 0. The first-order valence-corrected chi connectivity index (χ1v) is 8.65. The van der Waals surface area contributed by atoms with Crippen LogP contribution >= 0.6 is 15.9 Å². The van der Waals surface area contributed by atoms with Crippen LogP contribution in [0.1, 0.15) is 0 Å². The molecule has 26 heavy (non-hydrogen) atoms. The molecule has 0 saturated heterocycles. The predicted octanol–water partition coefficient (Wildman–Crippen LogP) is 4.91. The van der Waals surface area contributed by atoms with Gasteiger partial charge in [0.05, 0.1) is 0 Å². The number of aromatic nitrogens is 3. The Bertz CT molecular complexity index is 1080. The molecule has 2 heterocycles. The molecular weight excluding hydrogens is 394 g/mol. The molecule has 128 valence electrons. The molecule has 0 aliphatic rings. The second-order valence-corrected chi connectivity index (χ2v) is 6.43. The molecule has 0 amide bonds. The third-order valence-electron chi connectivity index (χ3n) is 3.74. The molecule has 0 aliphatic carbocycles. The van der Waals surface area contributed by atoms with E-state index in [1.165, 1.54) is 6.33 Å². The smallest absolute Gasteiger partial charge is 0.248 e. The minimum Gasteiger partial charge on any atom is -0.435 e. The Balaban J connectivity index is 1.67. The highest BCUT2D eigenvalue weighted by molar-refractivity contribution is 9.10. The monoisotopic (exact) mass is 407 g/mol. The number of pyridine rings is 1. The number of ether oxygens (including phenoxy) is 1. The minimum atomic E-state index is 0.274. The zero-order valence-electron chi connectivity index (χ0n) is 13.6. The number of nitrogen functional groups attached to an aromatic ring is 1. The summed E-state index contributed by atoms with van der Waals surface area (Å²) in [6.45, 7) is 0. The van der Waals surface area contributed by atoms with Crippen molar-refractivity contribution >= 4 is 44.0 Å². The van der Waals surface area contributed by atoms with Crippen LogP contribution in [0.3, 0.4) is 0 Å². The largest absolute Gasteiger partial charge is 0.435 e. The van der Waals surface area contributed by atoms with E-state index in [0.717, 1.165) is 21.1 Å². The van der Waals surface area contributed by atoms with Crippen molar-refractivity contribution in [1.82, 2.24) is 15.0 Å². The van der Waals surface area contributed by atoms with Gasteiger partial charge in [-0.3, -0.25) is 4.98 Å². The Hall–Kier alpha value is -3.19. The van der Waals surface area contributed by atoms with Crippen LogP contribution in [0.2, 0.25) is 0 Å². The predicted molar refractivity (Wildman–Crippen MR) is 106 cm³/mol. The first kappa shape index (κ1) is 16.3. The van der Waals surface area contributed by atoms with Gasteiger partial charge in [-0.25, -0.2) is 4.98 Å². The minimum absolute atomic E-state index is 0.274. The van der Waals surface area contributed by atoms with Gasteiger partial charge in [0.25, 0.3) is 0 Å². The summed E-state index contributed by atoms with van der Waals surface area (Å²) in [5, 5.41) is 4.15. The number of fused-ring (bicyclic) bond motifs is 1. The first-order valence-electron chi connectivity index (χ1n) is 7.85. The van der Waals surface area contributed by atoms with E-state index < -0.39 is 0 Å². The average molecular weight is 408 g/mol. The van der Waals surface area contributed by atoms with Crippen LogP contribution in [0.25, 0.3) is 10.9 Å². The highest BCUT2D eigenvalue weighted by Crippen LogP contribution is 2.33. The number of benzene rings is 2. The third kappa shape index (κ3) is 3.29. The lowest BCUT2D eigenvalue weighted by atomic mass is 10.2. The fourth-order valence-corrected chi connectivity index (χ4v) is 2.93. The Morgan fingerprint density at radius 1 is 0.962 bits per heavy atom. The Kier molecular flexibility index (Phi) is 4.37. The molecule has 0 saturated carbocycles. The molecule has 0 atom stereocenters. The molecular formula is C19H14BrN5O. The van der Waals surface area contributed by atoms with E-state index in [1.807, 2.05) is 54.6 Å². The van der Waals surface area contributed by atoms with Gasteiger partial charge in [-0.15, -0.1) is 0 Å². The van der Waals surface area contributed by atoms with Crippen molar-refractivity contribution in [2.75, 3.05) is 11.1 Å². The zero-order valence-corrected chi connectivity index (χ0v) is 15.1. The van der Waals surface area contributed by atoms with E-state index in [1.54, 1.807) is 6.20 Å². The van der Waals surface area contributed by atoms with E-state index in [-0.39, 0.29) is 5.88 Å². The number of nitrogens with one attached hydrogen (secondary N) is 1. The van der Waals surface area contributed by atoms with Crippen molar-refractivity contribution in [3.63, 3.8) is 0 Å². The van der Waals surface area contributed by atoms with Crippen molar-refractivity contribution in [2.24, 2.45) is 0 Å². The van der Waals surface area contributed by atoms with Crippen LogP contribution in [0, 0.1) is 0 Å². The van der Waals surface area contributed by atoms with Crippen LogP contribution in [0.5, 0.6) is 11.6 Å². The fourth-order valence-electron chi connectivity index (χ4n) is 2.53. The van der Waals surface area contributed by atoms with Gasteiger partial charge in [-0.2, -0.15) is 4.98 Å². The SMILES string of the molecule is Nc1c(Nc2cccc(Br)c2)ncnc1Oc1cccc2cccnc12. The summed E-state index contributed by atoms with van der Waals surface area (Å²) in [5.74, 6) is 1.33. The molecule has 6 nitrogen and oxygen atoms in total. The summed E-state index contributed by atoms with van der Waals surface area (Å²) < 4.78 is 6.89. The van der Waals surface area contributed by atoms with Crippen molar-refractivity contribution < 1.29 is 4.74 Å².